The van der Waals surface area contributed by atoms with Crippen molar-refractivity contribution in [1.29, 1.82) is 0 Å². The van der Waals surface area contributed by atoms with Crippen molar-refractivity contribution in [1.82, 2.24) is 4.57 Å². The van der Waals surface area contributed by atoms with Crippen molar-refractivity contribution in [3.05, 3.63) is 67.6 Å². The molecule has 0 aliphatic heterocycles. The summed E-state index contributed by atoms with van der Waals surface area (Å²) in [6, 6.07) is 10.2. The molecule has 6 heteroatoms. The van der Waals surface area contributed by atoms with E-state index in [4.69, 9.17) is 0 Å². The standard InChI is InChI=1S/C13H9F3INO/c14-13(15,16)11-2-1-3-12(19)18(11)8-9-4-6-10(17)7-5-9/h1-7H,8H2. The SMILES string of the molecule is O=c1cccc(C(F)(F)F)n1Cc1ccc(I)cc1. The molecule has 0 saturated carbocycles. The summed E-state index contributed by atoms with van der Waals surface area (Å²) < 4.78 is 40.2. The zero-order chi connectivity index (χ0) is 14.0. The molecule has 19 heavy (non-hydrogen) atoms. The zero-order valence-electron chi connectivity index (χ0n) is 9.62. The first-order valence-corrected chi connectivity index (χ1v) is 6.47. The van der Waals surface area contributed by atoms with Crippen LogP contribution in [0.1, 0.15) is 11.3 Å². The Bertz CT molecular complexity index is 632. The molecule has 0 aliphatic carbocycles. The van der Waals surface area contributed by atoms with Crippen LogP contribution in [0.15, 0.2) is 47.3 Å². The first-order chi connectivity index (χ1) is 8.88. The van der Waals surface area contributed by atoms with E-state index < -0.39 is 17.4 Å². The predicted molar refractivity (Wildman–Crippen MR) is 74.0 cm³/mol. The van der Waals surface area contributed by atoms with Gasteiger partial charge < -0.3 is 0 Å². The van der Waals surface area contributed by atoms with E-state index >= 15 is 0 Å². The first-order valence-electron chi connectivity index (χ1n) is 5.39. The normalized spacial score (nSPS) is 11.6. The van der Waals surface area contributed by atoms with Gasteiger partial charge in [0.25, 0.3) is 5.56 Å². The van der Waals surface area contributed by atoms with Gasteiger partial charge in [-0.1, -0.05) is 18.2 Å². The van der Waals surface area contributed by atoms with Crippen LogP contribution in [0, 0.1) is 3.57 Å². The number of pyridine rings is 1. The summed E-state index contributed by atoms with van der Waals surface area (Å²) in [7, 11) is 0. The summed E-state index contributed by atoms with van der Waals surface area (Å²) in [5.41, 5.74) is -0.939. The van der Waals surface area contributed by atoms with Crippen LogP contribution in [0.5, 0.6) is 0 Å². The largest absolute Gasteiger partial charge is 0.431 e. The number of aromatic nitrogens is 1. The fourth-order valence-electron chi connectivity index (χ4n) is 1.70. The molecule has 100 valence electrons. The van der Waals surface area contributed by atoms with Crippen LogP contribution in [-0.2, 0) is 12.7 Å². The van der Waals surface area contributed by atoms with E-state index in [0.29, 0.717) is 5.56 Å². The Morgan fingerprint density at radius 3 is 2.26 bits per heavy atom. The highest BCUT2D eigenvalue weighted by atomic mass is 127. The van der Waals surface area contributed by atoms with E-state index in [0.717, 1.165) is 26.3 Å². The van der Waals surface area contributed by atoms with Gasteiger partial charge in [-0.15, -0.1) is 0 Å². The van der Waals surface area contributed by atoms with E-state index in [-0.39, 0.29) is 6.54 Å². The van der Waals surface area contributed by atoms with Crippen LogP contribution in [0.25, 0.3) is 0 Å². The molecule has 1 aromatic carbocycles. The molecule has 2 nitrogen and oxygen atoms in total. The predicted octanol–water partition coefficient (Wildman–Crippen LogP) is 3.52. The van der Waals surface area contributed by atoms with Crippen LogP contribution in [0.3, 0.4) is 0 Å². The molecule has 0 amide bonds. The van der Waals surface area contributed by atoms with Gasteiger partial charge in [0.05, 0.1) is 6.54 Å². The maximum Gasteiger partial charge on any atom is 0.431 e. The van der Waals surface area contributed by atoms with E-state index in [1.165, 1.54) is 0 Å². The lowest BCUT2D eigenvalue weighted by atomic mass is 10.2. The molecule has 0 saturated heterocycles. The van der Waals surface area contributed by atoms with Crippen molar-refractivity contribution >= 4 is 22.6 Å². The van der Waals surface area contributed by atoms with Gasteiger partial charge in [-0.25, -0.2) is 0 Å². The smallest absolute Gasteiger partial charge is 0.300 e. The minimum absolute atomic E-state index is 0.0918. The molecule has 2 aromatic rings. The van der Waals surface area contributed by atoms with Crippen LogP contribution in [-0.4, -0.2) is 4.57 Å². The molecule has 0 fully saturated rings. The number of alkyl halides is 3. The quantitative estimate of drug-likeness (QED) is 0.732. The number of rotatable bonds is 2. The lowest BCUT2D eigenvalue weighted by Gasteiger charge is -2.14. The van der Waals surface area contributed by atoms with E-state index in [9.17, 15) is 18.0 Å². The molecule has 1 aromatic heterocycles. The van der Waals surface area contributed by atoms with Crippen molar-refractivity contribution in [2.24, 2.45) is 0 Å². The second-order valence-electron chi connectivity index (χ2n) is 3.96. The highest BCUT2D eigenvalue weighted by Crippen LogP contribution is 2.28. The van der Waals surface area contributed by atoms with Crippen LogP contribution >= 0.6 is 22.6 Å². The van der Waals surface area contributed by atoms with Gasteiger partial charge in [0.1, 0.15) is 5.69 Å². The molecule has 0 radical (unpaired) electrons. The summed E-state index contributed by atoms with van der Waals surface area (Å²) in [5, 5.41) is 0. The number of benzene rings is 1. The number of hydrogen-bond donors (Lipinski definition) is 0. The van der Waals surface area contributed by atoms with Crippen LogP contribution in [0.4, 0.5) is 13.2 Å². The molecule has 1 heterocycles. The zero-order valence-corrected chi connectivity index (χ0v) is 11.8. The average Bonchev–Trinajstić information content (AvgIpc) is 2.33. The fourth-order valence-corrected chi connectivity index (χ4v) is 2.06. The Kier molecular flexibility index (Phi) is 3.98. The van der Waals surface area contributed by atoms with Gasteiger partial charge >= 0.3 is 6.18 Å². The molecule has 0 spiro atoms. The lowest BCUT2D eigenvalue weighted by Crippen LogP contribution is -2.27. The third-order valence-corrected chi connectivity index (χ3v) is 3.31. The minimum atomic E-state index is -4.54. The third-order valence-electron chi connectivity index (χ3n) is 2.59. The van der Waals surface area contributed by atoms with Crippen molar-refractivity contribution in [3.8, 4) is 0 Å². The van der Waals surface area contributed by atoms with Gasteiger partial charge in [0.2, 0.25) is 0 Å². The Morgan fingerprint density at radius 2 is 1.68 bits per heavy atom. The Labute approximate surface area is 121 Å². The van der Waals surface area contributed by atoms with Crippen molar-refractivity contribution < 1.29 is 13.2 Å². The Balaban J connectivity index is 2.45. The van der Waals surface area contributed by atoms with Gasteiger partial charge in [0.15, 0.2) is 0 Å². The maximum atomic E-state index is 12.8. The van der Waals surface area contributed by atoms with Crippen molar-refractivity contribution in [2.75, 3.05) is 0 Å². The highest BCUT2D eigenvalue weighted by molar-refractivity contribution is 14.1. The van der Waals surface area contributed by atoms with E-state index in [2.05, 4.69) is 22.6 Å². The maximum absolute atomic E-state index is 12.8. The Hall–Kier alpha value is -1.31. The third kappa shape index (κ3) is 3.37. The summed E-state index contributed by atoms with van der Waals surface area (Å²) in [4.78, 5) is 11.6. The molecular formula is C13H9F3INO. The molecule has 0 bridgehead atoms. The second-order valence-corrected chi connectivity index (χ2v) is 5.21. The van der Waals surface area contributed by atoms with Crippen LogP contribution in [0.2, 0.25) is 0 Å². The lowest BCUT2D eigenvalue weighted by molar-refractivity contribution is -0.144. The topological polar surface area (TPSA) is 22.0 Å². The first kappa shape index (κ1) is 14.1. The summed E-state index contributed by atoms with van der Waals surface area (Å²) in [6.07, 6.45) is -4.54. The molecule has 0 N–H and O–H groups in total. The number of halogens is 4. The van der Waals surface area contributed by atoms with Gasteiger partial charge in [-0.2, -0.15) is 13.2 Å². The molecule has 0 atom stereocenters. The Morgan fingerprint density at radius 1 is 1.05 bits per heavy atom. The summed E-state index contributed by atoms with van der Waals surface area (Å²) in [5.74, 6) is 0. The average molecular weight is 379 g/mol. The minimum Gasteiger partial charge on any atom is -0.300 e. The molecule has 2 rings (SSSR count). The molecular weight excluding hydrogens is 370 g/mol. The van der Waals surface area contributed by atoms with Crippen LogP contribution < -0.4 is 5.56 Å². The van der Waals surface area contributed by atoms with Crippen molar-refractivity contribution in [2.45, 2.75) is 12.7 Å². The van der Waals surface area contributed by atoms with E-state index in [1.807, 2.05) is 0 Å². The van der Waals surface area contributed by atoms with Gasteiger partial charge in [0, 0.05) is 9.64 Å². The second kappa shape index (κ2) is 5.36. The number of nitrogens with zero attached hydrogens (tertiary/aromatic N) is 1. The summed E-state index contributed by atoms with van der Waals surface area (Å²) in [6.45, 7) is -0.0918. The molecule has 0 aliphatic rings. The van der Waals surface area contributed by atoms with Gasteiger partial charge in [-0.3, -0.25) is 9.36 Å². The molecule has 0 unspecified atom stereocenters. The number of hydrogen-bond acceptors (Lipinski definition) is 1. The monoisotopic (exact) mass is 379 g/mol. The van der Waals surface area contributed by atoms with Crippen molar-refractivity contribution in [3.63, 3.8) is 0 Å². The van der Waals surface area contributed by atoms with E-state index in [1.54, 1.807) is 24.3 Å². The van der Waals surface area contributed by atoms with Gasteiger partial charge in [-0.05, 0) is 46.4 Å². The summed E-state index contributed by atoms with van der Waals surface area (Å²) >= 11 is 2.11. The fraction of sp³-hybridized carbons (Fsp3) is 0.154. The highest BCUT2D eigenvalue weighted by Gasteiger charge is 2.34.